The second-order valence-corrected chi connectivity index (χ2v) is 5.35. The molecule has 0 radical (unpaired) electrons. The number of furan rings is 1. The minimum atomic E-state index is 0.418. The molecule has 1 heterocycles. The van der Waals surface area contributed by atoms with Crippen LogP contribution in [0.25, 0.3) is 0 Å². The zero-order valence-corrected chi connectivity index (χ0v) is 13.1. The van der Waals surface area contributed by atoms with E-state index in [4.69, 9.17) is 13.9 Å². The molecule has 0 amide bonds. The van der Waals surface area contributed by atoms with Gasteiger partial charge in [-0.25, -0.2) is 0 Å². The molecule has 1 aromatic carbocycles. The number of methoxy groups -OCH3 is 1. The summed E-state index contributed by atoms with van der Waals surface area (Å²) in [6.45, 7) is 7.41. The van der Waals surface area contributed by atoms with Crippen LogP contribution in [0.3, 0.4) is 0 Å². The monoisotopic (exact) mass is 289 g/mol. The predicted molar refractivity (Wildman–Crippen MR) is 82.7 cm³/mol. The van der Waals surface area contributed by atoms with Crippen molar-refractivity contribution in [3.63, 3.8) is 0 Å². The van der Waals surface area contributed by atoms with E-state index < -0.39 is 0 Å². The van der Waals surface area contributed by atoms with Crippen molar-refractivity contribution in [2.24, 2.45) is 0 Å². The van der Waals surface area contributed by atoms with Gasteiger partial charge in [-0.15, -0.1) is 0 Å². The Labute approximate surface area is 126 Å². The summed E-state index contributed by atoms with van der Waals surface area (Å²) in [5, 5.41) is 3.34. The van der Waals surface area contributed by atoms with Crippen molar-refractivity contribution in [3.8, 4) is 11.5 Å². The maximum absolute atomic E-state index is 5.86. The number of hydrogen-bond acceptors (Lipinski definition) is 4. The van der Waals surface area contributed by atoms with Crippen LogP contribution in [0.5, 0.6) is 11.5 Å². The maximum Gasteiger partial charge on any atom is 0.161 e. The molecule has 2 aromatic rings. The Bertz CT molecular complexity index is 575. The van der Waals surface area contributed by atoms with Gasteiger partial charge in [0, 0.05) is 11.6 Å². The smallest absolute Gasteiger partial charge is 0.161 e. The van der Waals surface area contributed by atoms with Gasteiger partial charge in [-0.2, -0.15) is 0 Å². The van der Waals surface area contributed by atoms with Crippen LogP contribution >= 0.6 is 0 Å². The van der Waals surface area contributed by atoms with Gasteiger partial charge in [-0.05, 0) is 30.7 Å². The fourth-order valence-electron chi connectivity index (χ4n) is 2.00. The van der Waals surface area contributed by atoms with E-state index in [9.17, 15) is 0 Å². The highest BCUT2D eigenvalue weighted by Gasteiger charge is 2.10. The molecule has 4 nitrogen and oxygen atoms in total. The second-order valence-electron chi connectivity index (χ2n) is 5.35. The van der Waals surface area contributed by atoms with Crippen molar-refractivity contribution in [2.45, 2.75) is 40.0 Å². The fourth-order valence-corrected chi connectivity index (χ4v) is 2.00. The largest absolute Gasteiger partial charge is 0.493 e. The third-order valence-electron chi connectivity index (χ3n) is 3.21. The van der Waals surface area contributed by atoms with E-state index in [-0.39, 0.29) is 0 Å². The summed E-state index contributed by atoms with van der Waals surface area (Å²) in [5.74, 6) is 2.40. The number of benzene rings is 1. The first-order valence-corrected chi connectivity index (χ1v) is 7.16. The van der Waals surface area contributed by atoms with Gasteiger partial charge in [0.15, 0.2) is 11.5 Å². The Morgan fingerprint density at radius 2 is 2.00 bits per heavy atom. The molecule has 0 fully saturated rings. The fraction of sp³-hybridized carbons (Fsp3) is 0.412. The molecule has 0 saturated heterocycles. The molecule has 0 bridgehead atoms. The van der Waals surface area contributed by atoms with Crippen LogP contribution in [0.4, 0.5) is 0 Å². The topological polar surface area (TPSA) is 43.6 Å². The van der Waals surface area contributed by atoms with Crippen molar-refractivity contribution in [3.05, 3.63) is 47.4 Å². The van der Waals surface area contributed by atoms with Gasteiger partial charge in [0.05, 0.1) is 19.9 Å². The summed E-state index contributed by atoms with van der Waals surface area (Å²) >= 11 is 0. The third-order valence-corrected chi connectivity index (χ3v) is 3.21. The van der Waals surface area contributed by atoms with Crippen molar-refractivity contribution < 1.29 is 13.9 Å². The highest BCUT2D eigenvalue weighted by atomic mass is 16.5. The molecule has 1 aromatic heterocycles. The molecular formula is C17H23NO3. The molecule has 1 N–H and O–H groups in total. The Kier molecular flexibility index (Phi) is 5.28. The quantitative estimate of drug-likeness (QED) is 0.844. The van der Waals surface area contributed by atoms with E-state index in [1.54, 1.807) is 13.4 Å². The average Bonchev–Trinajstić information content (AvgIpc) is 2.91. The van der Waals surface area contributed by atoms with Gasteiger partial charge < -0.3 is 19.2 Å². The normalized spacial score (nSPS) is 10.9. The molecule has 0 unspecified atom stereocenters. The van der Waals surface area contributed by atoms with Gasteiger partial charge in [0.1, 0.15) is 12.4 Å². The Hall–Kier alpha value is -1.94. The highest BCUT2D eigenvalue weighted by Crippen LogP contribution is 2.28. The van der Waals surface area contributed by atoms with Crippen LogP contribution in [0.1, 0.15) is 30.7 Å². The molecule has 114 valence electrons. The number of hydrogen-bond donors (Lipinski definition) is 1. The zero-order valence-electron chi connectivity index (χ0n) is 13.1. The number of ether oxygens (including phenoxy) is 2. The summed E-state index contributed by atoms with van der Waals surface area (Å²) in [4.78, 5) is 0. The van der Waals surface area contributed by atoms with E-state index >= 15 is 0 Å². The van der Waals surface area contributed by atoms with E-state index in [1.807, 2.05) is 31.2 Å². The van der Waals surface area contributed by atoms with Gasteiger partial charge in [-0.3, -0.25) is 0 Å². The number of nitrogens with one attached hydrogen (secondary N) is 1. The van der Waals surface area contributed by atoms with Gasteiger partial charge in [0.2, 0.25) is 0 Å². The lowest BCUT2D eigenvalue weighted by molar-refractivity contribution is 0.280. The molecule has 21 heavy (non-hydrogen) atoms. The van der Waals surface area contributed by atoms with Gasteiger partial charge in [-0.1, -0.05) is 19.9 Å². The van der Waals surface area contributed by atoms with Crippen LogP contribution < -0.4 is 14.8 Å². The lowest BCUT2D eigenvalue weighted by Gasteiger charge is -2.12. The number of aryl methyl sites for hydroxylation is 1. The SMILES string of the molecule is COc1cc(C)ccc1OCc1ccoc1CNC(C)C. The van der Waals surface area contributed by atoms with E-state index in [0.29, 0.717) is 19.2 Å². The molecule has 0 saturated carbocycles. The van der Waals surface area contributed by atoms with Crippen LogP contribution in [0, 0.1) is 6.92 Å². The van der Waals surface area contributed by atoms with Crippen molar-refractivity contribution in [1.82, 2.24) is 5.32 Å². The van der Waals surface area contributed by atoms with Crippen molar-refractivity contribution in [1.29, 1.82) is 0 Å². The average molecular weight is 289 g/mol. The second kappa shape index (κ2) is 7.18. The standard InChI is InChI=1S/C17H23NO3/c1-12(2)18-10-17-14(7-8-20-17)11-21-15-6-5-13(3)9-16(15)19-4/h5-9,12,18H,10-11H2,1-4H3. The Balaban J connectivity index is 2.02. The molecule has 2 rings (SSSR count). The summed E-state index contributed by atoms with van der Waals surface area (Å²) in [5.41, 5.74) is 2.19. The Morgan fingerprint density at radius 3 is 2.71 bits per heavy atom. The first-order valence-electron chi connectivity index (χ1n) is 7.16. The molecule has 0 aliphatic heterocycles. The predicted octanol–water partition coefficient (Wildman–Crippen LogP) is 3.67. The summed E-state index contributed by atoms with van der Waals surface area (Å²) in [7, 11) is 1.65. The summed E-state index contributed by atoms with van der Waals surface area (Å²) in [6.07, 6.45) is 1.70. The first-order chi connectivity index (χ1) is 10.1. The van der Waals surface area contributed by atoms with Gasteiger partial charge >= 0.3 is 0 Å². The van der Waals surface area contributed by atoms with E-state index in [1.165, 1.54) is 0 Å². The molecular weight excluding hydrogens is 266 g/mol. The minimum Gasteiger partial charge on any atom is -0.493 e. The van der Waals surface area contributed by atoms with Crippen molar-refractivity contribution in [2.75, 3.05) is 7.11 Å². The molecule has 0 spiro atoms. The van der Waals surface area contributed by atoms with E-state index in [0.717, 1.165) is 28.4 Å². The Morgan fingerprint density at radius 1 is 1.19 bits per heavy atom. The zero-order chi connectivity index (χ0) is 15.2. The minimum absolute atomic E-state index is 0.418. The highest BCUT2D eigenvalue weighted by molar-refractivity contribution is 5.42. The van der Waals surface area contributed by atoms with Crippen LogP contribution in [0.2, 0.25) is 0 Å². The van der Waals surface area contributed by atoms with Gasteiger partial charge in [0.25, 0.3) is 0 Å². The van der Waals surface area contributed by atoms with Crippen LogP contribution in [0.15, 0.2) is 34.9 Å². The first kappa shape index (κ1) is 15.4. The lowest BCUT2D eigenvalue weighted by atomic mass is 10.2. The van der Waals surface area contributed by atoms with Crippen LogP contribution in [-0.4, -0.2) is 13.2 Å². The summed E-state index contributed by atoms with van der Waals surface area (Å²) < 4.78 is 16.7. The number of rotatable bonds is 7. The lowest BCUT2D eigenvalue weighted by Crippen LogP contribution is -2.22. The third kappa shape index (κ3) is 4.26. The molecule has 0 aliphatic rings. The van der Waals surface area contributed by atoms with Crippen molar-refractivity contribution >= 4 is 0 Å². The molecule has 0 atom stereocenters. The maximum atomic E-state index is 5.86. The molecule has 0 aliphatic carbocycles. The summed E-state index contributed by atoms with van der Waals surface area (Å²) in [6, 6.07) is 8.26. The molecule has 4 heteroatoms. The van der Waals surface area contributed by atoms with E-state index in [2.05, 4.69) is 19.2 Å². The van der Waals surface area contributed by atoms with Crippen LogP contribution in [-0.2, 0) is 13.2 Å².